The summed E-state index contributed by atoms with van der Waals surface area (Å²) in [5.74, 6) is 2.19. The minimum absolute atomic E-state index is 0.324. The molecule has 0 bridgehead atoms. The highest BCUT2D eigenvalue weighted by Crippen LogP contribution is 2.28. The Kier molecular flexibility index (Phi) is 5.91. The zero-order valence-corrected chi connectivity index (χ0v) is 14.1. The lowest BCUT2D eigenvalue weighted by Crippen LogP contribution is -2.33. The average Bonchev–Trinajstić information content (AvgIpc) is 3.27. The number of β-amino-alcohol motifs (C(OH)–C–C–N with tert-alkyl or cyclic N) is 1. The minimum atomic E-state index is -0.477. The molecule has 0 aliphatic carbocycles. The predicted molar refractivity (Wildman–Crippen MR) is 91.2 cm³/mol. The average molecular weight is 331 g/mol. The highest BCUT2D eigenvalue weighted by Gasteiger charge is 2.25. The molecule has 1 aliphatic rings. The fourth-order valence-corrected chi connectivity index (χ4v) is 3.19. The summed E-state index contributed by atoms with van der Waals surface area (Å²) in [6.07, 6.45) is 2.26. The Bertz CT molecular complexity index is 596. The molecule has 1 aromatic carbocycles. The van der Waals surface area contributed by atoms with E-state index in [2.05, 4.69) is 17.0 Å². The molecule has 1 aromatic heterocycles. The molecule has 130 valence electrons. The molecule has 0 saturated carbocycles. The first-order valence-electron chi connectivity index (χ1n) is 8.39. The number of ether oxygens (including phenoxy) is 2. The van der Waals surface area contributed by atoms with Crippen LogP contribution in [0.1, 0.15) is 23.7 Å². The number of aliphatic hydroxyl groups excluding tert-OH is 1. The Morgan fingerprint density at radius 1 is 1.29 bits per heavy atom. The standard InChI is InChI=1S/C19H25NO4/c1-22-18-6-4-15(5-7-18)16-8-9-20(11-16)12-17(21)13-23-14-19-3-2-10-24-19/h2-7,10,16-17,21H,8-9,11-14H2,1H3. The quantitative estimate of drug-likeness (QED) is 0.806. The maximum atomic E-state index is 10.1. The Morgan fingerprint density at radius 2 is 2.12 bits per heavy atom. The van der Waals surface area contributed by atoms with Crippen molar-refractivity contribution in [2.75, 3.05) is 33.4 Å². The number of likely N-dealkylation sites (tertiary alicyclic amines) is 1. The summed E-state index contributed by atoms with van der Waals surface area (Å²) >= 11 is 0. The van der Waals surface area contributed by atoms with Crippen molar-refractivity contribution in [3.05, 3.63) is 54.0 Å². The predicted octanol–water partition coefficient (Wildman–Crippen LogP) is 2.66. The summed E-state index contributed by atoms with van der Waals surface area (Å²) in [6, 6.07) is 12.0. The highest BCUT2D eigenvalue weighted by atomic mass is 16.5. The summed E-state index contributed by atoms with van der Waals surface area (Å²) in [6.45, 7) is 3.35. The SMILES string of the molecule is COc1ccc(C2CCN(CC(O)COCc3ccco3)C2)cc1. The van der Waals surface area contributed by atoms with Crippen molar-refractivity contribution in [2.24, 2.45) is 0 Å². The molecule has 5 nitrogen and oxygen atoms in total. The molecule has 1 fully saturated rings. The molecule has 1 saturated heterocycles. The molecule has 5 heteroatoms. The van der Waals surface area contributed by atoms with E-state index in [1.807, 2.05) is 24.3 Å². The molecule has 2 atom stereocenters. The number of nitrogens with zero attached hydrogens (tertiary/aromatic N) is 1. The van der Waals surface area contributed by atoms with Gasteiger partial charge in [0, 0.05) is 13.1 Å². The molecular formula is C19H25NO4. The van der Waals surface area contributed by atoms with Gasteiger partial charge in [-0.1, -0.05) is 12.1 Å². The van der Waals surface area contributed by atoms with Gasteiger partial charge in [-0.3, -0.25) is 0 Å². The lowest BCUT2D eigenvalue weighted by atomic mass is 9.98. The summed E-state index contributed by atoms with van der Waals surface area (Å²) in [5, 5.41) is 10.1. The minimum Gasteiger partial charge on any atom is -0.497 e. The van der Waals surface area contributed by atoms with Gasteiger partial charge < -0.3 is 23.9 Å². The molecule has 2 heterocycles. The number of furan rings is 1. The summed E-state index contributed by atoms with van der Waals surface area (Å²) in [5.41, 5.74) is 1.34. The van der Waals surface area contributed by atoms with Gasteiger partial charge in [0.2, 0.25) is 0 Å². The van der Waals surface area contributed by atoms with Crippen LogP contribution in [-0.4, -0.2) is 49.5 Å². The topological polar surface area (TPSA) is 55.1 Å². The van der Waals surface area contributed by atoms with Crippen molar-refractivity contribution < 1.29 is 19.0 Å². The van der Waals surface area contributed by atoms with E-state index in [0.717, 1.165) is 31.0 Å². The maximum absolute atomic E-state index is 10.1. The van der Waals surface area contributed by atoms with Gasteiger partial charge in [0.05, 0.1) is 26.1 Å². The zero-order chi connectivity index (χ0) is 16.8. The molecule has 1 aliphatic heterocycles. The Morgan fingerprint density at radius 3 is 2.83 bits per heavy atom. The van der Waals surface area contributed by atoms with Crippen molar-refractivity contribution in [3.8, 4) is 5.75 Å². The third kappa shape index (κ3) is 4.60. The van der Waals surface area contributed by atoms with E-state index in [1.54, 1.807) is 13.4 Å². The number of hydrogen-bond donors (Lipinski definition) is 1. The number of benzene rings is 1. The fraction of sp³-hybridized carbons (Fsp3) is 0.474. The zero-order valence-electron chi connectivity index (χ0n) is 14.1. The van der Waals surface area contributed by atoms with E-state index in [4.69, 9.17) is 13.9 Å². The molecule has 3 rings (SSSR count). The second kappa shape index (κ2) is 8.33. The molecule has 0 radical (unpaired) electrons. The first-order valence-corrected chi connectivity index (χ1v) is 8.39. The largest absolute Gasteiger partial charge is 0.497 e. The Labute approximate surface area is 142 Å². The van der Waals surface area contributed by atoms with E-state index in [1.165, 1.54) is 5.56 Å². The van der Waals surface area contributed by atoms with Crippen molar-refractivity contribution in [3.63, 3.8) is 0 Å². The van der Waals surface area contributed by atoms with Gasteiger partial charge >= 0.3 is 0 Å². The molecule has 0 amide bonds. The third-order valence-electron chi connectivity index (χ3n) is 4.46. The second-order valence-corrected chi connectivity index (χ2v) is 6.27. The summed E-state index contributed by atoms with van der Waals surface area (Å²) in [4.78, 5) is 2.30. The van der Waals surface area contributed by atoms with Crippen molar-refractivity contribution >= 4 is 0 Å². The van der Waals surface area contributed by atoms with Gasteiger partial charge in [-0.25, -0.2) is 0 Å². The van der Waals surface area contributed by atoms with Crippen molar-refractivity contribution in [2.45, 2.75) is 25.0 Å². The number of hydrogen-bond acceptors (Lipinski definition) is 5. The van der Waals surface area contributed by atoms with Crippen LogP contribution in [0.4, 0.5) is 0 Å². The molecule has 0 spiro atoms. The smallest absolute Gasteiger partial charge is 0.129 e. The van der Waals surface area contributed by atoms with Crippen LogP contribution >= 0.6 is 0 Å². The Balaban J connectivity index is 1.40. The third-order valence-corrected chi connectivity index (χ3v) is 4.46. The lowest BCUT2D eigenvalue weighted by molar-refractivity contribution is 0.00815. The van der Waals surface area contributed by atoms with Crippen LogP contribution < -0.4 is 4.74 Å². The van der Waals surface area contributed by atoms with Gasteiger partial charge in [-0.05, 0) is 48.7 Å². The van der Waals surface area contributed by atoms with Crippen LogP contribution in [0.5, 0.6) is 5.75 Å². The van der Waals surface area contributed by atoms with Gasteiger partial charge in [0.1, 0.15) is 18.1 Å². The highest BCUT2D eigenvalue weighted by molar-refractivity contribution is 5.30. The lowest BCUT2D eigenvalue weighted by Gasteiger charge is -2.20. The van der Waals surface area contributed by atoms with E-state index in [0.29, 0.717) is 25.7 Å². The molecule has 24 heavy (non-hydrogen) atoms. The second-order valence-electron chi connectivity index (χ2n) is 6.27. The number of rotatable bonds is 8. The van der Waals surface area contributed by atoms with E-state index in [9.17, 15) is 5.11 Å². The van der Waals surface area contributed by atoms with Gasteiger partial charge in [-0.15, -0.1) is 0 Å². The van der Waals surface area contributed by atoms with Crippen LogP contribution in [0.25, 0.3) is 0 Å². The molecule has 2 aromatic rings. The molecule has 1 N–H and O–H groups in total. The first kappa shape index (κ1) is 17.0. The van der Waals surface area contributed by atoms with Crippen molar-refractivity contribution in [1.29, 1.82) is 0 Å². The first-order chi connectivity index (χ1) is 11.7. The van der Waals surface area contributed by atoms with Crippen molar-refractivity contribution in [1.82, 2.24) is 4.90 Å². The van der Waals surface area contributed by atoms with Crippen LogP contribution in [0.2, 0.25) is 0 Å². The summed E-state index contributed by atoms with van der Waals surface area (Å²) < 4.78 is 15.9. The van der Waals surface area contributed by atoms with E-state index >= 15 is 0 Å². The van der Waals surface area contributed by atoms with Gasteiger partial charge in [-0.2, -0.15) is 0 Å². The van der Waals surface area contributed by atoms with Crippen LogP contribution in [-0.2, 0) is 11.3 Å². The van der Waals surface area contributed by atoms with Crippen LogP contribution in [0, 0.1) is 0 Å². The fourth-order valence-electron chi connectivity index (χ4n) is 3.19. The van der Waals surface area contributed by atoms with Gasteiger partial charge in [0.15, 0.2) is 0 Å². The summed E-state index contributed by atoms with van der Waals surface area (Å²) in [7, 11) is 1.68. The van der Waals surface area contributed by atoms with E-state index in [-0.39, 0.29) is 0 Å². The van der Waals surface area contributed by atoms with Crippen LogP contribution in [0.3, 0.4) is 0 Å². The number of aliphatic hydroxyl groups is 1. The normalized spacial score (nSPS) is 19.5. The van der Waals surface area contributed by atoms with E-state index < -0.39 is 6.10 Å². The number of methoxy groups -OCH3 is 1. The monoisotopic (exact) mass is 331 g/mol. The molecule has 2 unspecified atom stereocenters. The Hall–Kier alpha value is -1.82. The van der Waals surface area contributed by atoms with Crippen LogP contribution in [0.15, 0.2) is 47.1 Å². The maximum Gasteiger partial charge on any atom is 0.129 e. The van der Waals surface area contributed by atoms with Gasteiger partial charge in [0.25, 0.3) is 0 Å². The molecular weight excluding hydrogens is 306 g/mol.